The quantitative estimate of drug-likeness (QED) is 0.420. The van der Waals surface area contributed by atoms with E-state index in [0.717, 1.165) is 11.6 Å². The van der Waals surface area contributed by atoms with Crippen molar-refractivity contribution >= 4 is 29.2 Å². The Labute approximate surface area is 197 Å². The van der Waals surface area contributed by atoms with Crippen LogP contribution < -0.4 is 10.1 Å². The van der Waals surface area contributed by atoms with Crippen molar-refractivity contribution in [1.29, 1.82) is 0 Å². The standard InChI is InChI=1S/C23H20ClF3N2O5/c1-12-17(13(2)34-29-12)11-32-20-7-5-4-6-16(20)22(31)33-14(3)21(30)28-15-8-9-19(24)18(10-15)23(25,26)27/h4-10,14H,11H2,1-3H3,(H,28,30). The predicted octanol–water partition coefficient (Wildman–Crippen LogP) is 5.73. The van der Waals surface area contributed by atoms with Gasteiger partial charge in [-0.3, -0.25) is 4.79 Å². The highest BCUT2D eigenvalue weighted by molar-refractivity contribution is 6.31. The Hall–Kier alpha value is -3.53. The number of carbonyl (C=O) groups excluding carboxylic acids is 2. The van der Waals surface area contributed by atoms with E-state index in [2.05, 4.69) is 10.5 Å². The Kier molecular flexibility index (Phi) is 7.51. The molecule has 0 aliphatic carbocycles. The first-order chi connectivity index (χ1) is 16.0. The van der Waals surface area contributed by atoms with E-state index < -0.39 is 34.7 Å². The summed E-state index contributed by atoms with van der Waals surface area (Å²) >= 11 is 5.58. The number of benzene rings is 2. The fourth-order valence-electron chi connectivity index (χ4n) is 2.96. The highest BCUT2D eigenvalue weighted by Gasteiger charge is 2.33. The minimum Gasteiger partial charge on any atom is -0.488 e. The number of aromatic nitrogens is 1. The molecule has 0 saturated heterocycles. The number of alkyl halides is 3. The molecule has 7 nitrogen and oxygen atoms in total. The Morgan fingerprint density at radius 3 is 2.53 bits per heavy atom. The molecule has 1 heterocycles. The monoisotopic (exact) mass is 496 g/mol. The number of rotatable bonds is 7. The maximum atomic E-state index is 13.0. The molecule has 1 aromatic heterocycles. The van der Waals surface area contributed by atoms with Crippen molar-refractivity contribution in [3.05, 3.63) is 75.6 Å². The third-order valence-corrected chi connectivity index (χ3v) is 5.18. The van der Waals surface area contributed by atoms with E-state index in [1.54, 1.807) is 32.0 Å². The summed E-state index contributed by atoms with van der Waals surface area (Å²) in [4.78, 5) is 25.1. The van der Waals surface area contributed by atoms with Crippen LogP contribution in [0.2, 0.25) is 5.02 Å². The molecule has 2 aromatic carbocycles. The van der Waals surface area contributed by atoms with E-state index in [1.165, 1.54) is 19.1 Å². The van der Waals surface area contributed by atoms with Crippen molar-refractivity contribution in [3.8, 4) is 5.75 Å². The second-order valence-electron chi connectivity index (χ2n) is 7.32. The largest absolute Gasteiger partial charge is 0.488 e. The number of nitrogens with one attached hydrogen (secondary N) is 1. The normalized spacial score (nSPS) is 12.2. The van der Waals surface area contributed by atoms with Gasteiger partial charge in [-0.05, 0) is 51.1 Å². The van der Waals surface area contributed by atoms with Crippen LogP contribution in [-0.4, -0.2) is 23.1 Å². The molecule has 0 fully saturated rings. The average molecular weight is 497 g/mol. The lowest BCUT2D eigenvalue weighted by Gasteiger charge is -2.16. The topological polar surface area (TPSA) is 90.7 Å². The first-order valence-corrected chi connectivity index (χ1v) is 10.4. The van der Waals surface area contributed by atoms with Gasteiger partial charge in [-0.25, -0.2) is 4.79 Å². The molecule has 0 bridgehead atoms. The molecule has 1 amide bonds. The van der Waals surface area contributed by atoms with E-state index in [4.69, 9.17) is 25.6 Å². The highest BCUT2D eigenvalue weighted by atomic mass is 35.5. The van der Waals surface area contributed by atoms with E-state index >= 15 is 0 Å². The molecule has 3 rings (SSSR count). The molecular weight excluding hydrogens is 477 g/mol. The Morgan fingerprint density at radius 2 is 1.88 bits per heavy atom. The van der Waals surface area contributed by atoms with Crippen LogP contribution in [0, 0.1) is 13.8 Å². The van der Waals surface area contributed by atoms with Gasteiger partial charge in [0.05, 0.1) is 21.8 Å². The zero-order valence-electron chi connectivity index (χ0n) is 18.3. The van der Waals surface area contributed by atoms with Crippen LogP contribution in [0.5, 0.6) is 5.75 Å². The summed E-state index contributed by atoms with van der Waals surface area (Å²) in [5.74, 6) is -0.867. The number of anilines is 1. The number of aryl methyl sites for hydroxylation is 2. The lowest BCUT2D eigenvalue weighted by atomic mass is 10.2. The van der Waals surface area contributed by atoms with Gasteiger partial charge in [-0.2, -0.15) is 13.2 Å². The number of esters is 1. The van der Waals surface area contributed by atoms with Gasteiger partial charge in [-0.1, -0.05) is 28.9 Å². The highest BCUT2D eigenvalue weighted by Crippen LogP contribution is 2.36. The van der Waals surface area contributed by atoms with Gasteiger partial charge in [0.15, 0.2) is 6.10 Å². The summed E-state index contributed by atoms with van der Waals surface area (Å²) in [5, 5.41) is 5.63. The summed E-state index contributed by atoms with van der Waals surface area (Å²) in [6.45, 7) is 4.88. The number of hydrogen-bond donors (Lipinski definition) is 1. The summed E-state index contributed by atoms with van der Waals surface area (Å²) in [6.07, 6.45) is -6.00. The number of hydrogen-bond acceptors (Lipinski definition) is 6. The average Bonchev–Trinajstić information content (AvgIpc) is 3.10. The number of amides is 1. The SMILES string of the molecule is Cc1noc(C)c1COc1ccccc1C(=O)OC(C)C(=O)Nc1ccc(Cl)c(C(F)(F)F)c1. The molecular formula is C23H20ClF3N2O5. The maximum Gasteiger partial charge on any atom is 0.417 e. The lowest BCUT2D eigenvalue weighted by Crippen LogP contribution is -2.30. The second kappa shape index (κ2) is 10.2. The van der Waals surface area contributed by atoms with Crippen LogP contribution in [0.3, 0.4) is 0 Å². The molecule has 1 unspecified atom stereocenters. The van der Waals surface area contributed by atoms with Gasteiger partial charge >= 0.3 is 12.1 Å². The zero-order valence-corrected chi connectivity index (χ0v) is 19.1. The van der Waals surface area contributed by atoms with Crippen molar-refractivity contribution in [3.63, 3.8) is 0 Å². The second-order valence-corrected chi connectivity index (χ2v) is 7.72. The first kappa shape index (κ1) is 25.1. The number of nitrogens with zero attached hydrogens (tertiary/aromatic N) is 1. The van der Waals surface area contributed by atoms with Crippen molar-refractivity contribution in [2.45, 2.75) is 39.7 Å². The maximum absolute atomic E-state index is 13.0. The van der Waals surface area contributed by atoms with Crippen molar-refractivity contribution < 1.29 is 36.8 Å². The third-order valence-electron chi connectivity index (χ3n) is 4.85. The van der Waals surface area contributed by atoms with Crippen LogP contribution in [0.15, 0.2) is 47.0 Å². The summed E-state index contributed by atoms with van der Waals surface area (Å²) in [6, 6.07) is 9.21. The molecule has 1 atom stereocenters. The fourth-order valence-corrected chi connectivity index (χ4v) is 3.19. The summed E-state index contributed by atoms with van der Waals surface area (Å²) in [5.41, 5.74) is 0.212. The Bertz CT molecular complexity index is 1190. The van der Waals surface area contributed by atoms with Gasteiger partial charge in [0.25, 0.3) is 5.91 Å². The van der Waals surface area contributed by atoms with E-state index in [9.17, 15) is 22.8 Å². The molecule has 180 valence electrons. The van der Waals surface area contributed by atoms with Crippen LogP contribution in [0.1, 0.15) is 39.9 Å². The van der Waals surface area contributed by atoms with Crippen LogP contribution in [0.25, 0.3) is 0 Å². The van der Waals surface area contributed by atoms with Crippen LogP contribution >= 0.6 is 11.6 Å². The van der Waals surface area contributed by atoms with Crippen molar-refractivity contribution in [2.24, 2.45) is 0 Å². The molecule has 0 spiro atoms. The minimum atomic E-state index is -4.69. The number of ether oxygens (including phenoxy) is 2. The van der Waals surface area contributed by atoms with Crippen LogP contribution in [0.4, 0.5) is 18.9 Å². The fraction of sp³-hybridized carbons (Fsp3) is 0.261. The molecule has 0 saturated carbocycles. The van der Waals surface area contributed by atoms with Crippen molar-refractivity contribution in [2.75, 3.05) is 5.32 Å². The van der Waals surface area contributed by atoms with Gasteiger partial charge in [0.2, 0.25) is 0 Å². The third kappa shape index (κ3) is 5.88. The Balaban J connectivity index is 1.67. The van der Waals surface area contributed by atoms with Crippen LogP contribution in [-0.2, 0) is 22.3 Å². The molecule has 0 aliphatic rings. The number of halogens is 4. The molecule has 11 heteroatoms. The number of para-hydroxylation sites is 1. The number of carbonyl (C=O) groups is 2. The zero-order chi connectivity index (χ0) is 25.0. The molecule has 1 N–H and O–H groups in total. The van der Waals surface area contributed by atoms with Gasteiger partial charge in [-0.15, -0.1) is 0 Å². The predicted molar refractivity (Wildman–Crippen MR) is 117 cm³/mol. The van der Waals surface area contributed by atoms with Gasteiger partial charge < -0.3 is 19.3 Å². The van der Waals surface area contributed by atoms with E-state index in [0.29, 0.717) is 17.5 Å². The summed E-state index contributed by atoms with van der Waals surface area (Å²) < 4.78 is 55.1. The van der Waals surface area contributed by atoms with Gasteiger partial charge in [0, 0.05) is 5.69 Å². The minimum absolute atomic E-state index is 0.0692. The van der Waals surface area contributed by atoms with E-state index in [-0.39, 0.29) is 23.6 Å². The smallest absolute Gasteiger partial charge is 0.417 e. The van der Waals surface area contributed by atoms with E-state index in [1.807, 2.05) is 0 Å². The van der Waals surface area contributed by atoms with Crippen molar-refractivity contribution in [1.82, 2.24) is 5.16 Å². The van der Waals surface area contributed by atoms with Gasteiger partial charge in [0.1, 0.15) is 23.7 Å². The molecule has 0 aliphatic heterocycles. The molecule has 3 aromatic rings. The first-order valence-electron chi connectivity index (χ1n) is 9.99. The molecule has 34 heavy (non-hydrogen) atoms. The summed E-state index contributed by atoms with van der Waals surface area (Å²) in [7, 11) is 0. The molecule has 0 radical (unpaired) electrons. The lowest BCUT2D eigenvalue weighted by molar-refractivity contribution is -0.137. The Morgan fingerprint density at radius 1 is 1.18 bits per heavy atom.